The molecule has 0 saturated heterocycles. The van der Waals surface area contributed by atoms with Crippen molar-refractivity contribution in [3.63, 3.8) is 0 Å². The average molecular weight is 338 g/mol. The summed E-state index contributed by atoms with van der Waals surface area (Å²) in [4.78, 5) is 28.5. The monoisotopic (exact) mass is 338 g/mol. The molecule has 1 aliphatic rings. The first-order chi connectivity index (χ1) is 12.2. The molecule has 0 saturated carbocycles. The van der Waals surface area contributed by atoms with Gasteiger partial charge in [0.15, 0.2) is 11.5 Å². The zero-order valence-electron chi connectivity index (χ0n) is 13.1. The molecule has 3 heterocycles. The molecule has 0 fully saturated rings. The van der Waals surface area contributed by atoms with Crippen LogP contribution >= 0.6 is 0 Å². The molecule has 4 rings (SSSR count). The van der Waals surface area contributed by atoms with Crippen LogP contribution in [0.3, 0.4) is 0 Å². The number of pyridine rings is 1. The van der Waals surface area contributed by atoms with E-state index in [1.165, 1.54) is 10.5 Å². The molecule has 0 spiro atoms. The van der Waals surface area contributed by atoms with Gasteiger partial charge in [0.05, 0.1) is 5.69 Å². The molecule has 0 N–H and O–H groups in total. The van der Waals surface area contributed by atoms with Crippen molar-refractivity contribution in [2.45, 2.75) is 12.7 Å². The van der Waals surface area contributed by atoms with Gasteiger partial charge < -0.3 is 14.2 Å². The van der Waals surface area contributed by atoms with Crippen LogP contribution in [0.5, 0.6) is 11.5 Å². The second-order valence-corrected chi connectivity index (χ2v) is 5.49. The van der Waals surface area contributed by atoms with Gasteiger partial charge in [0, 0.05) is 12.3 Å². The molecular formula is C18H14N2O5. The van der Waals surface area contributed by atoms with Gasteiger partial charge in [0.25, 0.3) is 5.56 Å². The topological polar surface area (TPSA) is 79.1 Å². The minimum Gasteiger partial charge on any atom is -0.485 e. The number of nitrogens with zero attached hydrogens (tertiary/aromatic N) is 2. The maximum atomic E-state index is 12.2. The van der Waals surface area contributed by atoms with Crippen molar-refractivity contribution in [3.05, 3.63) is 70.8 Å². The number of carbonyl (C=O) groups is 1. The van der Waals surface area contributed by atoms with E-state index in [0.717, 1.165) is 0 Å². The van der Waals surface area contributed by atoms with Crippen molar-refractivity contribution in [2.75, 3.05) is 6.61 Å². The zero-order valence-corrected chi connectivity index (χ0v) is 13.1. The second-order valence-electron chi connectivity index (χ2n) is 5.49. The molecule has 0 aliphatic carbocycles. The molecule has 1 unspecified atom stereocenters. The molecule has 7 nitrogen and oxygen atoms in total. The fourth-order valence-corrected chi connectivity index (χ4v) is 2.55. The predicted molar refractivity (Wildman–Crippen MR) is 87.6 cm³/mol. The Balaban J connectivity index is 1.45. The normalized spacial score (nSPS) is 15.8. The third-order valence-corrected chi connectivity index (χ3v) is 3.76. The summed E-state index contributed by atoms with van der Waals surface area (Å²) in [7, 11) is 0. The van der Waals surface area contributed by atoms with Gasteiger partial charge in [-0.2, -0.15) is 0 Å². The number of hydrogen-bond donors (Lipinski definition) is 0. The predicted octanol–water partition coefficient (Wildman–Crippen LogP) is 1.58. The Morgan fingerprint density at radius 1 is 1.20 bits per heavy atom. The van der Waals surface area contributed by atoms with Gasteiger partial charge in [-0.25, -0.2) is 9.78 Å². The number of carbonyl (C=O) groups excluding carboxylic acids is 1. The third-order valence-electron chi connectivity index (χ3n) is 3.76. The first-order valence-electron chi connectivity index (χ1n) is 7.73. The van der Waals surface area contributed by atoms with Crippen LogP contribution in [0.15, 0.2) is 59.5 Å². The molecule has 0 radical (unpaired) electrons. The summed E-state index contributed by atoms with van der Waals surface area (Å²) in [6, 6.07) is 13.7. The fraction of sp³-hybridized carbons (Fsp3) is 0.167. The Morgan fingerprint density at radius 2 is 2.00 bits per heavy atom. The van der Waals surface area contributed by atoms with Gasteiger partial charge in [-0.3, -0.25) is 9.20 Å². The van der Waals surface area contributed by atoms with Gasteiger partial charge in [0.1, 0.15) is 18.9 Å². The minimum absolute atomic E-state index is 0.0731. The van der Waals surface area contributed by atoms with Crippen molar-refractivity contribution in [1.29, 1.82) is 0 Å². The number of fused-ring (bicyclic) bond motifs is 2. The lowest BCUT2D eigenvalue weighted by atomic mass is 10.2. The maximum Gasteiger partial charge on any atom is 0.351 e. The Kier molecular flexibility index (Phi) is 3.81. The Bertz CT molecular complexity index is 998. The van der Waals surface area contributed by atoms with Crippen molar-refractivity contribution in [3.8, 4) is 11.5 Å². The molecule has 0 amide bonds. The molecule has 3 aromatic rings. The molecule has 1 aliphatic heterocycles. The molecule has 1 atom stereocenters. The quantitative estimate of drug-likeness (QED) is 0.675. The van der Waals surface area contributed by atoms with E-state index >= 15 is 0 Å². The van der Waals surface area contributed by atoms with Crippen molar-refractivity contribution in [2.24, 2.45) is 0 Å². The van der Waals surface area contributed by atoms with Crippen molar-refractivity contribution >= 4 is 11.6 Å². The molecule has 126 valence electrons. The lowest BCUT2D eigenvalue weighted by Gasteiger charge is -2.24. The largest absolute Gasteiger partial charge is 0.485 e. The van der Waals surface area contributed by atoms with Crippen LogP contribution in [0.2, 0.25) is 0 Å². The number of rotatable bonds is 3. The number of esters is 1. The number of ether oxygens (including phenoxy) is 3. The van der Waals surface area contributed by atoms with Crippen molar-refractivity contribution in [1.82, 2.24) is 9.38 Å². The summed E-state index contributed by atoms with van der Waals surface area (Å²) in [6.45, 7) is -0.0371. The van der Waals surface area contributed by atoms with E-state index in [9.17, 15) is 9.59 Å². The fourth-order valence-electron chi connectivity index (χ4n) is 2.55. The molecule has 0 bridgehead atoms. The first-order valence-corrected chi connectivity index (χ1v) is 7.73. The highest BCUT2D eigenvalue weighted by Crippen LogP contribution is 2.31. The lowest BCUT2D eigenvalue weighted by Crippen LogP contribution is -2.37. The molecule has 7 heteroatoms. The summed E-state index contributed by atoms with van der Waals surface area (Å²) in [5.74, 6) is 0.526. The summed E-state index contributed by atoms with van der Waals surface area (Å²) >= 11 is 0. The standard InChI is InChI=1S/C18H14N2O5/c21-17-9-12(19-16-7-3-4-8-20(16)17)10-24-18(22)15-11-23-13-5-1-2-6-14(13)25-15/h1-9,15H,10-11H2. The highest BCUT2D eigenvalue weighted by atomic mass is 16.6. The van der Waals surface area contributed by atoms with Crippen LogP contribution < -0.4 is 15.0 Å². The van der Waals surface area contributed by atoms with Crippen molar-refractivity contribution < 1.29 is 19.0 Å². The van der Waals surface area contributed by atoms with Crippen LogP contribution in [0.4, 0.5) is 0 Å². The minimum atomic E-state index is -0.851. The number of aromatic nitrogens is 2. The van der Waals surface area contributed by atoms with Crippen LogP contribution in [-0.2, 0) is 16.1 Å². The van der Waals surface area contributed by atoms with E-state index in [1.54, 1.807) is 42.6 Å². The van der Waals surface area contributed by atoms with E-state index in [4.69, 9.17) is 14.2 Å². The summed E-state index contributed by atoms with van der Waals surface area (Å²) in [5.41, 5.74) is 0.636. The average Bonchev–Trinajstić information content (AvgIpc) is 2.66. The van der Waals surface area contributed by atoms with E-state index in [1.807, 2.05) is 6.07 Å². The smallest absolute Gasteiger partial charge is 0.351 e. The second kappa shape index (κ2) is 6.27. The van der Waals surface area contributed by atoms with Gasteiger partial charge in [-0.1, -0.05) is 18.2 Å². The summed E-state index contributed by atoms with van der Waals surface area (Å²) in [5, 5.41) is 0. The van der Waals surface area contributed by atoms with E-state index < -0.39 is 12.1 Å². The van der Waals surface area contributed by atoms with Crippen LogP contribution in [0, 0.1) is 0 Å². The van der Waals surface area contributed by atoms with Crippen LogP contribution in [-0.4, -0.2) is 28.1 Å². The molecule has 25 heavy (non-hydrogen) atoms. The summed E-state index contributed by atoms with van der Waals surface area (Å²) < 4.78 is 17.7. The van der Waals surface area contributed by atoms with Crippen LogP contribution in [0.25, 0.3) is 5.65 Å². The van der Waals surface area contributed by atoms with Gasteiger partial charge in [-0.15, -0.1) is 0 Å². The third kappa shape index (κ3) is 3.03. The summed E-state index contributed by atoms with van der Waals surface area (Å²) in [6.07, 6.45) is 0.780. The maximum absolute atomic E-state index is 12.2. The lowest BCUT2D eigenvalue weighted by molar-refractivity contribution is -0.156. The SMILES string of the molecule is O=C(OCc1cc(=O)n2ccccc2n1)C1COc2ccccc2O1. The Labute approximate surface area is 142 Å². The molecular weight excluding hydrogens is 324 g/mol. The molecule has 1 aromatic carbocycles. The Morgan fingerprint density at radius 3 is 2.88 bits per heavy atom. The van der Waals surface area contributed by atoms with E-state index in [0.29, 0.717) is 22.8 Å². The number of benzene rings is 1. The first kappa shape index (κ1) is 15.2. The Hall–Kier alpha value is -3.35. The van der Waals surface area contributed by atoms with E-state index in [-0.39, 0.29) is 18.8 Å². The van der Waals surface area contributed by atoms with Gasteiger partial charge >= 0.3 is 5.97 Å². The molecule has 2 aromatic heterocycles. The van der Waals surface area contributed by atoms with E-state index in [2.05, 4.69) is 4.98 Å². The van der Waals surface area contributed by atoms with Gasteiger partial charge in [0.2, 0.25) is 6.10 Å². The highest BCUT2D eigenvalue weighted by Gasteiger charge is 2.28. The number of hydrogen-bond acceptors (Lipinski definition) is 6. The van der Waals surface area contributed by atoms with Gasteiger partial charge in [-0.05, 0) is 24.3 Å². The zero-order chi connectivity index (χ0) is 17.2. The highest BCUT2D eigenvalue weighted by molar-refractivity contribution is 5.76. The van der Waals surface area contributed by atoms with Crippen LogP contribution in [0.1, 0.15) is 5.69 Å². The number of para-hydroxylation sites is 2.